The van der Waals surface area contributed by atoms with Crippen molar-refractivity contribution in [3.05, 3.63) is 17.2 Å². The number of fused-ring (bicyclic) bond motifs is 2. The molecule has 0 amide bonds. The Balaban J connectivity index is 1.60. The average Bonchev–Trinajstić information content (AvgIpc) is 3.02. The van der Waals surface area contributed by atoms with Crippen molar-refractivity contribution in [2.24, 2.45) is 11.3 Å². The maximum atomic E-state index is 6.34. The quantitative estimate of drug-likeness (QED) is 0.909. The Labute approximate surface area is 123 Å². The first kappa shape index (κ1) is 12.6. The molecule has 0 radical (unpaired) electrons. The lowest BCUT2D eigenvalue weighted by Gasteiger charge is -2.55. The highest BCUT2D eigenvalue weighted by Crippen LogP contribution is 2.54. The Hall–Kier alpha value is -1.13. The molecule has 3 atom stereocenters. The van der Waals surface area contributed by atoms with Crippen molar-refractivity contribution in [1.82, 2.24) is 0 Å². The third kappa shape index (κ3) is 1.64. The monoisotopic (exact) mass is 295 g/mol. The zero-order valence-electron chi connectivity index (χ0n) is 11.6. The topological polar surface area (TPSA) is 39.7 Å². The van der Waals surface area contributed by atoms with E-state index in [0.717, 1.165) is 30.2 Å². The molecule has 2 fully saturated rings. The Bertz CT molecular complexity index is 560. The standard InChI is InChI=1S/C15H18ClNO3/c1-15(2)13(8-3-4-18-14(8)15)17-10-6-12-11(5-9(10)16)19-7-20-12/h5-6,8,13-14,17H,3-4,7H2,1-2H3. The summed E-state index contributed by atoms with van der Waals surface area (Å²) < 4.78 is 16.6. The highest BCUT2D eigenvalue weighted by atomic mass is 35.5. The smallest absolute Gasteiger partial charge is 0.231 e. The molecule has 4 rings (SSSR count). The minimum Gasteiger partial charge on any atom is -0.454 e. The zero-order chi connectivity index (χ0) is 13.9. The molecule has 1 aromatic carbocycles. The van der Waals surface area contributed by atoms with Crippen LogP contribution in [0.1, 0.15) is 20.3 Å². The molecular formula is C15H18ClNO3. The number of hydrogen-bond donors (Lipinski definition) is 1. The third-order valence-electron chi connectivity index (χ3n) is 4.87. The number of nitrogens with one attached hydrogen (secondary N) is 1. The van der Waals surface area contributed by atoms with Gasteiger partial charge in [0, 0.05) is 36.1 Å². The summed E-state index contributed by atoms with van der Waals surface area (Å²) in [5.41, 5.74) is 1.04. The third-order valence-corrected chi connectivity index (χ3v) is 5.19. The summed E-state index contributed by atoms with van der Waals surface area (Å²) >= 11 is 6.34. The lowest BCUT2D eigenvalue weighted by Crippen LogP contribution is -2.63. The van der Waals surface area contributed by atoms with Crippen LogP contribution in [0, 0.1) is 11.3 Å². The van der Waals surface area contributed by atoms with E-state index in [4.69, 9.17) is 25.8 Å². The number of anilines is 1. The first-order valence-corrected chi connectivity index (χ1v) is 7.42. The van der Waals surface area contributed by atoms with Gasteiger partial charge in [0.25, 0.3) is 0 Å². The van der Waals surface area contributed by atoms with Gasteiger partial charge in [-0.2, -0.15) is 0 Å². The molecule has 20 heavy (non-hydrogen) atoms. The fourth-order valence-electron chi connectivity index (χ4n) is 3.81. The van der Waals surface area contributed by atoms with Crippen LogP contribution < -0.4 is 14.8 Å². The fraction of sp³-hybridized carbons (Fsp3) is 0.600. The van der Waals surface area contributed by atoms with E-state index in [-0.39, 0.29) is 12.2 Å². The zero-order valence-corrected chi connectivity index (χ0v) is 12.4. The molecule has 3 unspecified atom stereocenters. The molecule has 4 nitrogen and oxygen atoms in total. The van der Waals surface area contributed by atoms with Crippen LogP contribution in [0.3, 0.4) is 0 Å². The lowest BCUT2D eigenvalue weighted by atomic mass is 9.57. The second-order valence-electron chi connectivity index (χ2n) is 6.37. The van der Waals surface area contributed by atoms with E-state index in [0.29, 0.717) is 23.1 Å². The van der Waals surface area contributed by atoms with Crippen LogP contribution in [0.5, 0.6) is 11.5 Å². The van der Waals surface area contributed by atoms with E-state index in [2.05, 4.69) is 19.2 Å². The largest absolute Gasteiger partial charge is 0.454 e. The van der Waals surface area contributed by atoms with Crippen molar-refractivity contribution >= 4 is 17.3 Å². The maximum absolute atomic E-state index is 6.34. The van der Waals surface area contributed by atoms with E-state index in [1.54, 1.807) is 0 Å². The molecule has 1 aliphatic carbocycles. The SMILES string of the molecule is CC1(C)C(Nc2cc3c(cc2Cl)OCO3)C2CCOC21. The predicted octanol–water partition coefficient (Wildman–Crippen LogP) is 3.29. The van der Waals surface area contributed by atoms with E-state index >= 15 is 0 Å². The average molecular weight is 296 g/mol. The molecule has 1 N–H and O–H groups in total. The minimum absolute atomic E-state index is 0.126. The van der Waals surface area contributed by atoms with Crippen LogP contribution >= 0.6 is 11.6 Å². The summed E-state index contributed by atoms with van der Waals surface area (Å²) in [6.07, 6.45) is 1.49. The van der Waals surface area contributed by atoms with Gasteiger partial charge in [-0.3, -0.25) is 0 Å². The summed E-state index contributed by atoms with van der Waals surface area (Å²) in [7, 11) is 0. The van der Waals surface area contributed by atoms with Gasteiger partial charge in [0.1, 0.15) is 0 Å². The van der Waals surface area contributed by atoms with Gasteiger partial charge < -0.3 is 19.5 Å². The summed E-state index contributed by atoms with van der Waals surface area (Å²) in [6.45, 7) is 5.63. The molecule has 2 heterocycles. The number of benzene rings is 1. The summed E-state index contributed by atoms with van der Waals surface area (Å²) in [6, 6.07) is 4.14. The van der Waals surface area contributed by atoms with Gasteiger partial charge in [-0.25, -0.2) is 0 Å². The van der Waals surface area contributed by atoms with Gasteiger partial charge in [-0.1, -0.05) is 25.4 Å². The number of ether oxygens (including phenoxy) is 3. The van der Waals surface area contributed by atoms with E-state index in [1.165, 1.54) is 0 Å². The molecule has 1 saturated carbocycles. The van der Waals surface area contributed by atoms with Gasteiger partial charge in [0.15, 0.2) is 11.5 Å². The lowest BCUT2D eigenvalue weighted by molar-refractivity contribution is -0.0923. The summed E-state index contributed by atoms with van der Waals surface area (Å²) in [5.74, 6) is 2.05. The number of rotatable bonds is 2. The van der Waals surface area contributed by atoms with Gasteiger partial charge in [0.05, 0.1) is 16.8 Å². The van der Waals surface area contributed by atoms with Crippen LogP contribution in [0.4, 0.5) is 5.69 Å². The highest BCUT2D eigenvalue weighted by molar-refractivity contribution is 6.33. The number of hydrogen-bond acceptors (Lipinski definition) is 4. The second-order valence-corrected chi connectivity index (χ2v) is 6.78. The molecule has 108 valence electrons. The van der Waals surface area contributed by atoms with Gasteiger partial charge in [-0.15, -0.1) is 0 Å². The number of halogens is 1. The van der Waals surface area contributed by atoms with Gasteiger partial charge in [-0.05, 0) is 6.42 Å². The van der Waals surface area contributed by atoms with Crippen LogP contribution in [0.25, 0.3) is 0 Å². The summed E-state index contributed by atoms with van der Waals surface area (Å²) in [5, 5.41) is 4.26. The highest BCUT2D eigenvalue weighted by Gasteiger charge is 2.59. The van der Waals surface area contributed by atoms with Crippen molar-refractivity contribution in [2.75, 3.05) is 18.7 Å². The predicted molar refractivity (Wildman–Crippen MR) is 76.6 cm³/mol. The Morgan fingerprint density at radius 1 is 1.25 bits per heavy atom. The Kier molecular flexibility index (Phi) is 2.63. The molecule has 0 bridgehead atoms. The van der Waals surface area contributed by atoms with Crippen molar-refractivity contribution in [3.63, 3.8) is 0 Å². The Morgan fingerprint density at radius 2 is 2.00 bits per heavy atom. The van der Waals surface area contributed by atoms with Crippen LogP contribution in [-0.4, -0.2) is 25.5 Å². The maximum Gasteiger partial charge on any atom is 0.231 e. The molecule has 1 saturated heterocycles. The van der Waals surface area contributed by atoms with Gasteiger partial charge >= 0.3 is 0 Å². The van der Waals surface area contributed by atoms with E-state index < -0.39 is 0 Å². The Morgan fingerprint density at radius 3 is 2.80 bits per heavy atom. The van der Waals surface area contributed by atoms with Crippen molar-refractivity contribution in [3.8, 4) is 11.5 Å². The van der Waals surface area contributed by atoms with E-state index in [9.17, 15) is 0 Å². The van der Waals surface area contributed by atoms with E-state index in [1.807, 2.05) is 12.1 Å². The molecule has 0 aromatic heterocycles. The first-order valence-electron chi connectivity index (χ1n) is 7.04. The van der Waals surface area contributed by atoms with Crippen molar-refractivity contribution in [2.45, 2.75) is 32.4 Å². The fourth-order valence-corrected chi connectivity index (χ4v) is 4.02. The van der Waals surface area contributed by atoms with Gasteiger partial charge in [0.2, 0.25) is 6.79 Å². The molecule has 0 spiro atoms. The van der Waals surface area contributed by atoms with Crippen LogP contribution in [0.15, 0.2) is 12.1 Å². The molecular weight excluding hydrogens is 278 g/mol. The normalized spacial score (nSPS) is 32.6. The molecule has 3 aliphatic rings. The second kappa shape index (κ2) is 4.18. The molecule has 5 heteroatoms. The first-order chi connectivity index (χ1) is 9.57. The summed E-state index contributed by atoms with van der Waals surface area (Å²) in [4.78, 5) is 0. The van der Waals surface area contributed by atoms with Crippen molar-refractivity contribution in [1.29, 1.82) is 0 Å². The molecule has 1 aromatic rings. The van der Waals surface area contributed by atoms with Crippen LogP contribution in [-0.2, 0) is 4.74 Å². The van der Waals surface area contributed by atoms with Crippen molar-refractivity contribution < 1.29 is 14.2 Å². The van der Waals surface area contributed by atoms with Crippen LogP contribution in [0.2, 0.25) is 5.02 Å². The minimum atomic E-state index is 0.126. The molecule has 2 aliphatic heterocycles.